The highest BCUT2D eigenvalue weighted by Gasteiger charge is 2.24. The molecule has 0 aromatic rings. The van der Waals surface area contributed by atoms with E-state index in [4.69, 9.17) is 4.74 Å². The molecule has 0 saturated carbocycles. The predicted molar refractivity (Wildman–Crippen MR) is 42.1 cm³/mol. The minimum absolute atomic E-state index is 0.525. The minimum Gasteiger partial charge on any atom is -0.379 e. The summed E-state index contributed by atoms with van der Waals surface area (Å²) in [6, 6.07) is 0. The zero-order chi connectivity index (χ0) is 7.40. The topological polar surface area (TPSA) is 12.5 Å². The van der Waals surface area contributed by atoms with Crippen molar-refractivity contribution in [3.63, 3.8) is 0 Å². The van der Waals surface area contributed by atoms with E-state index in [-0.39, 0.29) is 0 Å². The van der Waals surface area contributed by atoms with Crippen LogP contribution in [0.1, 0.15) is 19.8 Å². The molecule has 1 aliphatic heterocycles. The number of hydrogen-bond donors (Lipinski definition) is 0. The van der Waals surface area contributed by atoms with Crippen LogP contribution < -0.4 is 0 Å². The maximum absolute atomic E-state index is 5.15. The molecular formula is C8H17NO. The van der Waals surface area contributed by atoms with Crippen molar-refractivity contribution in [1.82, 2.24) is 4.90 Å². The van der Waals surface area contributed by atoms with E-state index < -0.39 is 0 Å². The Hall–Kier alpha value is -0.0800. The Kier molecular flexibility index (Phi) is 3.16. The summed E-state index contributed by atoms with van der Waals surface area (Å²) in [6.07, 6.45) is 3.15. The van der Waals surface area contributed by atoms with Crippen molar-refractivity contribution < 1.29 is 4.74 Å². The van der Waals surface area contributed by atoms with Gasteiger partial charge in [-0.1, -0.05) is 13.3 Å². The van der Waals surface area contributed by atoms with Gasteiger partial charge in [-0.3, -0.25) is 4.90 Å². The fraction of sp³-hybridized carbons (Fsp3) is 1.00. The van der Waals surface area contributed by atoms with Crippen molar-refractivity contribution in [2.75, 3.05) is 26.7 Å². The van der Waals surface area contributed by atoms with E-state index in [1.54, 1.807) is 7.11 Å². The summed E-state index contributed by atoms with van der Waals surface area (Å²) in [5.41, 5.74) is 0. The summed E-state index contributed by atoms with van der Waals surface area (Å²) in [7, 11) is 1.79. The molecule has 0 spiro atoms. The van der Waals surface area contributed by atoms with Gasteiger partial charge in [0.1, 0.15) is 0 Å². The van der Waals surface area contributed by atoms with E-state index in [1.807, 2.05) is 0 Å². The van der Waals surface area contributed by atoms with Crippen LogP contribution in [-0.2, 0) is 4.74 Å². The second-order valence-corrected chi connectivity index (χ2v) is 2.97. The summed E-state index contributed by atoms with van der Waals surface area (Å²) < 4.78 is 5.15. The number of likely N-dealkylation sites (tertiary alicyclic amines) is 1. The Morgan fingerprint density at radius 1 is 1.50 bits per heavy atom. The third-order valence-corrected chi connectivity index (χ3v) is 2.08. The van der Waals surface area contributed by atoms with Crippen LogP contribution in [0, 0.1) is 0 Å². The molecule has 0 radical (unpaired) electrons. The largest absolute Gasteiger partial charge is 0.379 e. The van der Waals surface area contributed by atoms with Crippen molar-refractivity contribution in [3.05, 3.63) is 0 Å². The average molecular weight is 143 g/mol. The van der Waals surface area contributed by atoms with E-state index in [2.05, 4.69) is 11.8 Å². The van der Waals surface area contributed by atoms with Crippen LogP contribution in [0.2, 0.25) is 0 Å². The van der Waals surface area contributed by atoms with Gasteiger partial charge in [0, 0.05) is 20.2 Å². The van der Waals surface area contributed by atoms with Gasteiger partial charge >= 0.3 is 0 Å². The molecule has 1 aliphatic rings. The molecular weight excluding hydrogens is 126 g/mol. The molecule has 10 heavy (non-hydrogen) atoms. The quantitative estimate of drug-likeness (QED) is 0.584. The van der Waals surface area contributed by atoms with Gasteiger partial charge in [-0.25, -0.2) is 0 Å². The molecule has 0 unspecified atom stereocenters. The number of methoxy groups -OCH3 is 1. The second kappa shape index (κ2) is 3.94. The number of ether oxygens (including phenoxy) is 1. The number of unbranched alkanes of at least 4 members (excludes halogenated alkanes) is 1. The van der Waals surface area contributed by atoms with E-state index in [9.17, 15) is 0 Å². The lowest BCUT2D eigenvalue weighted by molar-refractivity contribution is -0.0294. The van der Waals surface area contributed by atoms with E-state index in [0.29, 0.717) is 6.10 Å². The van der Waals surface area contributed by atoms with Gasteiger partial charge in [0.25, 0.3) is 0 Å². The average Bonchev–Trinajstić information content (AvgIpc) is 1.86. The van der Waals surface area contributed by atoms with Crippen molar-refractivity contribution in [3.8, 4) is 0 Å². The summed E-state index contributed by atoms with van der Waals surface area (Å²) in [4.78, 5) is 2.44. The van der Waals surface area contributed by atoms with Crippen LogP contribution in [-0.4, -0.2) is 37.7 Å². The first-order valence-electron chi connectivity index (χ1n) is 4.12. The Morgan fingerprint density at radius 2 is 2.20 bits per heavy atom. The number of hydrogen-bond acceptors (Lipinski definition) is 2. The third-order valence-electron chi connectivity index (χ3n) is 2.08. The van der Waals surface area contributed by atoms with Crippen LogP contribution in [0.15, 0.2) is 0 Å². The van der Waals surface area contributed by atoms with Crippen LogP contribution in [0.4, 0.5) is 0 Å². The van der Waals surface area contributed by atoms with Crippen LogP contribution in [0.3, 0.4) is 0 Å². The third kappa shape index (κ3) is 1.96. The molecule has 1 rings (SSSR count). The highest BCUT2D eigenvalue weighted by Crippen LogP contribution is 2.10. The van der Waals surface area contributed by atoms with Gasteiger partial charge in [-0.05, 0) is 13.0 Å². The molecule has 2 heteroatoms. The van der Waals surface area contributed by atoms with Crippen molar-refractivity contribution >= 4 is 0 Å². The lowest BCUT2D eigenvalue weighted by Gasteiger charge is -2.38. The zero-order valence-electron chi connectivity index (χ0n) is 6.97. The highest BCUT2D eigenvalue weighted by molar-refractivity contribution is 4.79. The van der Waals surface area contributed by atoms with Crippen molar-refractivity contribution in [1.29, 1.82) is 0 Å². The minimum atomic E-state index is 0.525. The monoisotopic (exact) mass is 143 g/mol. The first kappa shape index (κ1) is 8.02. The molecule has 1 fully saturated rings. The smallest absolute Gasteiger partial charge is 0.0824 e. The SMILES string of the molecule is CCCCN1CC(OC)C1. The second-order valence-electron chi connectivity index (χ2n) is 2.97. The Bertz CT molecular complexity index is 86.5. The van der Waals surface area contributed by atoms with Gasteiger partial charge in [-0.2, -0.15) is 0 Å². The molecule has 0 atom stereocenters. The molecule has 60 valence electrons. The van der Waals surface area contributed by atoms with Crippen LogP contribution >= 0.6 is 0 Å². The first-order chi connectivity index (χ1) is 4.86. The molecule has 1 saturated heterocycles. The standard InChI is InChI=1S/C8H17NO/c1-3-4-5-9-6-8(7-9)10-2/h8H,3-7H2,1-2H3. The summed E-state index contributed by atoms with van der Waals surface area (Å²) >= 11 is 0. The molecule has 2 nitrogen and oxygen atoms in total. The summed E-state index contributed by atoms with van der Waals surface area (Å²) in [5.74, 6) is 0. The number of rotatable bonds is 4. The van der Waals surface area contributed by atoms with Gasteiger partial charge in [0.15, 0.2) is 0 Å². The highest BCUT2D eigenvalue weighted by atomic mass is 16.5. The summed E-state index contributed by atoms with van der Waals surface area (Å²) in [5, 5.41) is 0. The van der Waals surface area contributed by atoms with E-state index in [1.165, 1.54) is 19.4 Å². The fourth-order valence-electron chi connectivity index (χ4n) is 1.24. The Morgan fingerprint density at radius 3 is 2.70 bits per heavy atom. The lowest BCUT2D eigenvalue weighted by atomic mass is 10.1. The first-order valence-corrected chi connectivity index (χ1v) is 4.12. The summed E-state index contributed by atoms with van der Waals surface area (Å²) in [6.45, 7) is 5.79. The van der Waals surface area contributed by atoms with E-state index >= 15 is 0 Å². The molecule has 0 aliphatic carbocycles. The molecule has 0 bridgehead atoms. The van der Waals surface area contributed by atoms with Crippen LogP contribution in [0.5, 0.6) is 0 Å². The van der Waals surface area contributed by atoms with Gasteiger partial charge in [0.2, 0.25) is 0 Å². The van der Waals surface area contributed by atoms with Gasteiger partial charge < -0.3 is 4.74 Å². The van der Waals surface area contributed by atoms with Crippen LogP contribution in [0.25, 0.3) is 0 Å². The number of nitrogens with zero attached hydrogens (tertiary/aromatic N) is 1. The van der Waals surface area contributed by atoms with Gasteiger partial charge in [-0.15, -0.1) is 0 Å². The molecule has 0 N–H and O–H groups in total. The zero-order valence-corrected chi connectivity index (χ0v) is 6.97. The Labute approximate surface area is 63.2 Å². The maximum atomic E-state index is 5.15. The molecule has 0 amide bonds. The predicted octanol–water partition coefficient (Wildman–Crippen LogP) is 1.12. The Balaban J connectivity index is 1.93. The normalized spacial score (nSPS) is 21.0. The van der Waals surface area contributed by atoms with Crippen molar-refractivity contribution in [2.45, 2.75) is 25.9 Å². The maximum Gasteiger partial charge on any atom is 0.0824 e. The van der Waals surface area contributed by atoms with Gasteiger partial charge in [0.05, 0.1) is 6.10 Å². The van der Waals surface area contributed by atoms with E-state index in [0.717, 1.165) is 13.1 Å². The fourth-order valence-corrected chi connectivity index (χ4v) is 1.24. The molecule has 0 aromatic carbocycles. The van der Waals surface area contributed by atoms with Crippen molar-refractivity contribution in [2.24, 2.45) is 0 Å². The molecule has 1 heterocycles. The molecule has 0 aromatic heterocycles. The lowest BCUT2D eigenvalue weighted by Crippen LogP contribution is -2.51.